The summed E-state index contributed by atoms with van der Waals surface area (Å²) in [5.74, 6) is 0. The predicted octanol–water partition coefficient (Wildman–Crippen LogP) is 2.22. The molecule has 6 rings (SSSR count). The van der Waals surface area contributed by atoms with Crippen molar-refractivity contribution in [2.24, 2.45) is 0 Å². The molecule has 250 valence electrons. The molecule has 0 N–H and O–H groups in total. The van der Waals surface area contributed by atoms with E-state index in [1.54, 1.807) is 0 Å². The lowest BCUT2D eigenvalue weighted by atomic mass is 10.1. The van der Waals surface area contributed by atoms with E-state index in [9.17, 15) is 0 Å². The van der Waals surface area contributed by atoms with Gasteiger partial charge in [0.1, 0.15) is 0 Å². The first-order valence-electron chi connectivity index (χ1n) is 16.9. The highest BCUT2D eigenvalue weighted by Gasteiger charge is 2.13. The van der Waals surface area contributed by atoms with Gasteiger partial charge in [0.2, 0.25) is 0 Å². The molecule has 5 aliphatic heterocycles. The number of para-hydroxylation sites is 1. The van der Waals surface area contributed by atoms with Crippen molar-refractivity contribution in [3.8, 4) is 0 Å². The predicted molar refractivity (Wildman–Crippen MR) is 186 cm³/mol. The van der Waals surface area contributed by atoms with Crippen LogP contribution in [0.3, 0.4) is 0 Å². The van der Waals surface area contributed by atoms with Crippen molar-refractivity contribution < 1.29 is 4.74 Å². The van der Waals surface area contributed by atoms with Crippen LogP contribution in [0.25, 0.3) is 0 Å². The maximum atomic E-state index is 5.10. The van der Waals surface area contributed by atoms with E-state index < -0.39 is 0 Å². The topological polar surface area (TPSA) is 35.2 Å². The van der Waals surface area contributed by atoms with Crippen LogP contribution in [0.4, 0.5) is 5.69 Å². The standard InChI is InChI=1S/C11H16N2.2C6H14N2.C6H13N.C5H11NO/c1-12-7-9-13(10-8-12)11-5-3-2-4-6-11;2*1-7-3-5-8(2)6-4-7;1-7-5-3-2-4-6-7;1-6-2-4-7-5-3-6/h2-6H,7-10H2,1H3;2*3-6H2,1-2H3;2-6H2,1H3;2-5H2,1H3. The molecule has 5 fully saturated rings. The van der Waals surface area contributed by atoms with E-state index in [-0.39, 0.29) is 0 Å². The molecule has 9 heteroatoms. The van der Waals surface area contributed by atoms with E-state index in [0.29, 0.717) is 0 Å². The van der Waals surface area contributed by atoms with Crippen molar-refractivity contribution >= 4 is 5.69 Å². The average molecular weight is 605 g/mol. The van der Waals surface area contributed by atoms with Gasteiger partial charge in [-0.15, -0.1) is 0 Å². The van der Waals surface area contributed by atoms with E-state index in [1.165, 1.54) is 103 Å². The lowest BCUT2D eigenvalue weighted by Gasteiger charge is -2.33. The van der Waals surface area contributed by atoms with Gasteiger partial charge in [-0.25, -0.2) is 0 Å². The van der Waals surface area contributed by atoms with Crippen LogP contribution in [0.1, 0.15) is 19.3 Å². The van der Waals surface area contributed by atoms with Gasteiger partial charge < -0.3 is 43.9 Å². The molecule has 5 heterocycles. The van der Waals surface area contributed by atoms with Crippen molar-refractivity contribution in [2.45, 2.75) is 19.3 Å². The van der Waals surface area contributed by atoms with E-state index in [0.717, 1.165) is 39.4 Å². The largest absolute Gasteiger partial charge is 0.379 e. The monoisotopic (exact) mass is 605 g/mol. The highest BCUT2D eigenvalue weighted by molar-refractivity contribution is 5.46. The van der Waals surface area contributed by atoms with Crippen LogP contribution in [0.2, 0.25) is 0 Å². The van der Waals surface area contributed by atoms with Gasteiger partial charge in [0.15, 0.2) is 0 Å². The summed E-state index contributed by atoms with van der Waals surface area (Å²) in [6.07, 6.45) is 4.28. The van der Waals surface area contributed by atoms with Crippen LogP contribution in [0.5, 0.6) is 0 Å². The molecule has 1 aromatic carbocycles. The number of morpholine rings is 1. The van der Waals surface area contributed by atoms with Crippen LogP contribution in [0.15, 0.2) is 30.3 Å². The molecule has 0 amide bonds. The van der Waals surface area contributed by atoms with Gasteiger partial charge in [-0.1, -0.05) is 24.6 Å². The van der Waals surface area contributed by atoms with Crippen molar-refractivity contribution in [1.29, 1.82) is 0 Å². The normalized spacial score (nSPS) is 23.7. The summed E-state index contributed by atoms with van der Waals surface area (Å²) in [6, 6.07) is 10.7. The Bertz CT molecular complexity index is 695. The maximum absolute atomic E-state index is 5.10. The second-order valence-electron chi connectivity index (χ2n) is 13.1. The van der Waals surface area contributed by atoms with Crippen LogP contribution in [-0.4, -0.2) is 202 Å². The zero-order valence-electron chi connectivity index (χ0n) is 29.2. The van der Waals surface area contributed by atoms with E-state index in [1.807, 2.05) is 0 Å². The van der Waals surface area contributed by atoms with E-state index in [4.69, 9.17) is 4.74 Å². The second-order valence-corrected chi connectivity index (χ2v) is 13.1. The Morgan fingerprint density at radius 1 is 0.372 bits per heavy atom. The first-order valence-corrected chi connectivity index (χ1v) is 16.9. The molecular weight excluding hydrogens is 536 g/mol. The van der Waals surface area contributed by atoms with Gasteiger partial charge in [0.25, 0.3) is 0 Å². The number of piperidine rings is 1. The van der Waals surface area contributed by atoms with Gasteiger partial charge >= 0.3 is 0 Å². The Hall–Kier alpha value is -1.30. The molecule has 0 unspecified atom stereocenters. The lowest BCUT2D eigenvalue weighted by molar-refractivity contribution is 0.0503. The Morgan fingerprint density at radius 2 is 0.698 bits per heavy atom. The first-order chi connectivity index (χ1) is 20.7. The molecule has 0 radical (unpaired) electrons. The van der Waals surface area contributed by atoms with Crippen molar-refractivity contribution in [2.75, 3.05) is 172 Å². The number of likely N-dealkylation sites (tertiary alicyclic amines) is 1. The van der Waals surface area contributed by atoms with Crippen molar-refractivity contribution in [3.05, 3.63) is 30.3 Å². The molecule has 0 bridgehead atoms. The van der Waals surface area contributed by atoms with Gasteiger partial charge in [0, 0.05) is 97.3 Å². The Balaban J connectivity index is 0.000000193. The molecule has 43 heavy (non-hydrogen) atoms. The smallest absolute Gasteiger partial charge is 0.0594 e. The fraction of sp³-hybridized carbons (Fsp3) is 0.824. The van der Waals surface area contributed by atoms with E-state index in [2.05, 4.69) is 119 Å². The molecule has 0 atom stereocenters. The molecule has 0 spiro atoms. The third kappa shape index (κ3) is 19.0. The SMILES string of the molecule is CN1CCCCC1.CN1CCN(C)CC1.CN1CCN(C)CC1.CN1CCN(c2ccccc2)CC1.CN1CCOCC1. The van der Waals surface area contributed by atoms with Gasteiger partial charge in [-0.05, 0) is 87.4 Å². The number of hydrogen-bond donors (Lipinski definition) is 0. The van der Waals surface area contributed by atoms with E-state index >= 15 is 0 Å². The highest BCUT2D eigenvalue weighted by Crippen LogP contribution is 2.14. The molecule has 5 saturated heterocycles. The van der Waals surface area contributed by atoms with Crippen LogP contribution in [0, 0.1) is 0 Å². The minimum atomic E-state index is 0.913. The molecule has 0 aliphatic carbocycles. The zero-order valence-corrected chi connectivity index (χ0v) is 29.2. The fourth-order valence-corrected chi connectivity index (χ4v) is 5.22. The highest BCUT2D eigenvalue weighted by atomic mass is 16.5. The maximum Gasteiger partial charge on any atom is 0.0594 e. The summed E-state index contributed by atoms with van der Waals surface area (Å²) in [5.41, 5.74) is 1.36. The Kier molecular flexibility index (Phi) is 20.3. The van der Waals surface area contributed by atoms with Crippen LogP contribution < -0.4 is 4.90 Å². The third-order valence-electron chi connectivity index (χ3n) is 8.89. The summed E-state index contributed by atoms with van der Waals surface area (Å²) in [5, 5.41) is 0. The minimum Gasteiger partial charge on any atom is -0.379 e. The third-order valence-corrected chi connectivity index (χ3v) is 8.89. The summed E-state index contributed by atoms with van der Waals surface area (Å²) < 4.78 is 5.10. The Morgan fingerprint density at radius 3 is 1.00 bits per heavy atom. The minimum absolute atomic E-state index is 0.913. The molecule has 1 aromatic rings. The van der Waals surface area contributed by atoms with Gasteiger partial charge in [-0.2, -0.15) is 0 Å². The number of hydrogen-bond acceptors (Lipinski definition) is 9. The fourth-order valence-electron chi connectivity index (χ4n) is 5.22. The Labute approximate surface area is 266 Å². The first kappa shape index (κ1) is 37.9. The number of benzene rings is 1. The van der Waals surface area contributed by atoms with Crippen molar-refractivity contribution in [1.82, 2.24) is 34.3 Å². The number of likely N-dealkylation sites (N-methyl/N-ethyl adjacent to an activating group) is 6. The molecular formula is C34H68N8O. The summed E-state index contributed by atoms with van der Waals surface area (Å²) >= 11 is 0. The van der Waals surface area contributed by atoms with Gasteiger partial charge in [-0.3, -0.25) is 0 Å². The van der Waals surface area contributed by atoms with Crippen LogP contribution >= 0.6 is 0 Å². The number of ether oxygens (including phenoxy) is 1. The molecule has 0 saturated carbocycles. The molecule has 9 nitrogen and oxygen atoms in total. The molecule has 5 aliphatic rings. The summed E-state index contributed by atoms with van der Waals surface area (Å²) in [7, 11) is 15.2. The lowest BCUT2D eigenvalue weighted by Crippen LogP contribution is -2.44. The number of nitrogens with zero attached hydrogens (tertiary/aromatic N) is 8. The molecule has 0 aromatic heterocycles. The number of anilines is 1. The summed E-state index contributed by atoms with van der Waals surface area (Å²) in [6.45, 7) is 21.2. The van der Waals surface area contributed by atoms with Gasteiger partial charge in [0.05, 0.1) is 13.2 Å². The number of piperazine rings is 3. The van der Waals surface area contributed by atoms with Crippen LogP contribution in [-0.2, 0) is 4.74 Å². The summed E-state index contributed by atoms with van der Waals surface area (Å²) in [4.78, 5) is 18.9. The quantitative estimate of drug-likeness (QED) is 0.480. The second kappa shape index (κ2) is 23.1. The van der Waals surface area contributed by atoms with Crippen molar-refractivity contribution in [3.63, 3.8) is 0 Å². The number of rotatable bonds is 1. The zero-order chi connectivity index (χ0) is 31.3. The average Bonchev–Trinajstić information content (AvgIpc) is 3.03.